The summed E-state index contributed by atoms with van der Waals surface area (Å²) in [5.74, 6) is 2.99. The van der Waals surface area contributed by atoms with E-state index in [0.717, 1.165) is 43.4 Å². The fraction of sp³-hybridized carbons (Fsp3) is 1.00. The molecule has 3 saturated carbocycles. The summed E-state index contributed by atoms with van der Waals surface area (Å²) in [6.07, 6.45) is 9.48. The molecule has 0 N–H and O–H groups in total. The first-order valence-corrected chi connectivity index (χ1v) is 11.0. The van der Waals surface area contributed by atoms with Crippen LogP contribution >= 0.6 is 0 Å². The largest absolute Gasteiger partial charge is 0.375 e. The second kappa shape index (κ2) is 9.15. The van der Waals surface area contributed by atoms with Gasteiger partial charge in [0.15, 0.2) is 6.17 Å². The van der Waals surface area contributed by atoms with Crippen LogP contribution in [0.1, 0.15) is 84.5 Å². The van der Waals surface area contributed by atoms with Crippen LogP contribution in [0.2, 0.25) is 0 Å². The summed E-state index contributed by atoms with van der Waals surface area (Å²) in [5.41, 5.74) is 0. The zero-order chi connectivity index (χ0) is 17.8. The third kappa shape index (κ3) is 4.76. The number of alkyl halides is 2. The van der Waals surface area contributed by atoms with Crippen LogP contribution < -0.4 is 0 Å². The van der Waals surface area contributed by atoms with Gasteiger partial charge in [-0.25, -0.2) is 8.78 Å². The molecule has 0 aromatic rings. The van der Waals surface area contributed by atoms with Crippen molar-refractivity contribution in [1.82, 2.24) is 0 Å². The zero-order valence-electron chi connectivity index (χ0n) is 16.3. The van der Waals surface area contributed by atoms with Gasteiger partial charge in [0, 0.05) is 6.61 Å². The lowest BCUT2D eigenvalue weighted by molar-refractivity contribution is -0.0406. The highest BCUT2D eigenvalue weighted by Gasteiger charge is 2.43. The smallest absolute Gasteiger partial charge is 0.157 e. The lowest BCUT2D eigenvalue weighted by atomic mass is 9.66. The molecular weight excluding hydrogens is 318 g/mol. The molecule has 3 rings (SSSR count). The van der Waals surface area contributed by atoms with Gasteiger partial charge in [-0.1, -0.05) is 26.2 Å². The number of hydrogen-bond acceptors (Lipinski definition) is 1. The van der Waals surface area contributed by atoms with E-state index in [1.165, 1.54) is 38.5 Å². The topological polar surface area (TPSA) is 9.23 Å². The second-order valence-corrected chi connectivity index (χ2v) is 9.17. The Labute approximate surface area is 153 Å². The van der Waals surface area contributed by atoms with Crippen LogP contribution in [0.3, 0.4) is 0 Å². The molecule has 3 heteroatoms. The summed E-state index contributed by atoms with van der Waals surface area (Å²) in [4.78, 5) is 0. The predicted molar refractivity (Wildman–Crippen MR) is 99.1 cm³/mol. The molecule has 0 bridgehead atoms. The van der Waals surface area contributed by atoms with Crippen LogP contribution in [0.15, 0.2) is 0 Å². The monoisotopic (exact) mass is 356 g/mol. The van der Waals surface area contributed by atoms with Crippen LogP contribution in [-0.4, -0.2) is 25.1 Å². The molecule has 4 atom stereocenters. The number of halogens is 2. The Morgan fingerprint density at radius 3 is 1.88 bits per heavy atom. The molecule has 0 heterocycles. The van der Waals surface area contributed by atoms with Crippen molar-refractivity contribution in [3.05, 3.63) is 0 Å². The highest BCUT2D eigenvalue weighted by Crippen LogP contribution is 2.46. The van der Waals surface area contributed by atoms with Crippen LogP contribution in [0.4, 0.5) is 8.78 Å². The lowest BCUT2D eigenvalue weighted by Gasteiger charge is -2.40. The SMILES string of the molecule is CCOC1CCCC(C2CCC(C3CCC(C)CC3)CC2)C(F)C1F. The number of rotatable bonds is 4. The average Bonchev–Trinajstić information content (AvgIpc) is 2.77. The first-order valence-electron chi connectivity index (χ1n) is 11.0. The van der Waals surface area contributed by atoms with E-state index in [4.69, 9.17) is 4.74 Å². The van der Waals surface area contributed by atoms with Crippen molar-refractivity contribution < 1.29 is 13.5 Å². The molecule has 3 fully saturated rings. The van der Waals surface area contributed by atoms with E-state index in [-0.39, 0.29) is 5.92 Å². The van der Waals surface area contributed by atoms with Gasteiger partial charge in [0.1, 0.15) is 6.17 Å². The third-order valence-electron chi connectivity index (χ3n) is 7.62. The minimum atomic E-state index is -1.43. The van der Waals surface area contributed by atoms with E-state index in [0.29, 0.717) is 18.9 Å². The van der Waals surface area contributed by atoms with Crippen LogP contribution in [-0.2, 0) is 4.74 Å². The van der Waals surface area contributed by atoms with E-state index in [1.54, 1.807) is 0 Å². The van der Waals surface area contributed by atoms with Gasteiger partial charge >= 0.3 is 0 Å². The maximum absolute atomic E-state index is 14.9. The lowest BCUT2D eigenvalue weighted by Crippen LogP contribution is -2.39. The molecule has 0 amide bonds. The highest BCUT2D eigenvalue weighted by molar-refractivity contribution is 4.92. The van der Waals surface area contributed by atoms with Gasteiger partial charge in [-0.2, -0.15) is 0 Å². The Morgan fingerprint density at radius 1 is 0.720 bits per heavy atom. The van der Waals surface area contributed by atoms with Gasteiger partial charge in [-0.3, -0.25) is 0 Å². The summed E-state index contributed by atoms with van der Waals surface area (Å²) in [6, 6.07) is 0. The van der Waals surface area contributed by atoms with Crippen molar-refractivity contribution in [2.75, 3.05) is 6.61 Å². The van der Waals surface area contributed by atoms with Gasteiger partial charge in [0.05, 0.1) is 6.10 Å². The van der Waals surface area contributed by atoms with E-state index in [2.05, 4.69) is 6.92 Å². The van der Waals surface area contributed by atoms with E-state index < -0.39 is 18.4 Å². The Morgan fingerprint density at radius 2 is 1.28 bits per heavy atom. The summed E-state index contributed by atoms with van der Waals surface area (Å²) in [7, 11) is 0. The number of hydrogen-bond donors (Lipinski definition) is 0. The van der Waals surface area contributed by atoms with Crippen LogP contribution in [0.25, 0.3) is 0 Å². The Hall–Kier alpha value is -0.180. The number of ether oxygens (including phenoxy) is 1. The molecule has 0 aromatic carbocycles. The molecule has 25 heavy (non-hydrogen) atoms. The fourth-order valence-corrected chi connectivity index (χ4v) is 6.00. The second-order valence-electron chi connectivity index (χ2n) is 9.17. The molecule has 0 aromatic heterocycles. The predicted octanol–water partition coefficient (Wildman–Crippen LogP) is 6.50. The normalized spacial score (nSPS) is 46.6. The molecule has 1 nitrogen and oxygen atoms in total. The molecule has 4 unspecified atom stereocenters. The highest BCUT2D eigenvalue weighted by atomic mass is 19.2. The minimum Gasteiger partial charge on any atom is -0.375 e. The molecule has 0 aliphatic heterocycles. The standard InChI is InChI=1S/C22H38F2O/c1-3-25-20-6-4-5-19(21(23)22(20)24)18-13-11-17(12-14-18)16-9-7-15(2)8-10-16/h15-22H,3-14H2,1-2H3. The third-order valence-corrected chi connectivity index (χ3v) is 7.62. The Kier molecular flexibility index (Phi) is 7.17. The van der Waals surface area contributed by atoms with Crippen molar-refractivity contribution >= 4 is 0 Å². The van der Waals surface area contributed by atoms with Gasteiger partial charge < -0.3 is 4.74 Å². The fourth-order valence-electron chi connectivity index (χ4n) is 6.00. The molecule has 0 saturated heterocycles. The van der Waals surface area contributed by atoms with Gasteiger partial charge in [-0.15, -0.1) is 0 Å². The zero-order valence-corrected chi connectivity index (χ0v) is 16.3. The van der Waals surface area contributed by atoms with Crippen molar-refractivity contribution in [2.45, 2.75) is 103 Å². The van der Waals surface area contributed by atoms with Crippen molar-refractivity contribution in [1.29, 1.82) is 0 Å². The first-order chi connectivity index (χ1) is 12.1. The summed E-state index contributed by atoms with van der Waals surface area (Å²) in [5, 5.41) is 0. The maximum atomic E-state index is 14.9. The molecule has 3 aliphatic rings. The van der Waals surface area contributed by atoms with E-state index >= 15 is 0 Å². The first kappa shape index (κ1) is 19.6. The van der Waals surface area contributed by atoms with Gasteiger partial charge in [-0.05, 0) is 87.9 Å². The van der Waals surface area contributed by atoms with Gasteiger partial charge in [0.25, 0.3) is 0 Å². The summed E-state index contributed by atoms with van der Waals surface area (Å²) >= 11 is 0. The minimum absolute atomic E-state index is 0.0761. The molecular formula is C22H38F2O. The van der Waals surface area contributed by atoms with Crippen molar-refractivity contribution in [3.8, 4) is 0 Å². The van der Waals surface area contributed by atoms with Crippen molar-refractivity contribution in [3.63, 3.8) is 0 Å². The molecule has 0 radical (unpaired) electrons. The van der Waals surface area contributed by atoms with Gasteiger partial charge in [0.2, 0.25) is 0 Å². The van der Waals surface area contributed by atoms with E-state index in [9.17, 15) is 8.78 Å². The van der Waals surface area contributed by atoms with E-state index in [1.807, 2.05) is 6.92 Å². The average molecular weight is 357 g/mol. The molecule has 146 valence electrons. The molecule has 3 aliphatic carbocycles. The van der Waals surface area contributed by atoms with Crippen LogP contribution in [0.5, 0.6) is 0 Å². The maximum Gasteiger partial charge on any atom is 0.157 e. The summed E-state index contributed by atoms with van der Waals surface area (Å²) in [6.45, 7) is 4.73. The van der Waals surface area contributed by atoms with Crippen molar-refractivity contribution in [2.24, 2.45) is 29.6 Å². The summed E-state index contributed by atoms with van der Waals surface area (Å²) < 4.78 is 35.0. The van der Waals surface area contributed by atoms with Crippen LogP contribution in [0, 0.1) is 29.6 Å². The molecule has 0 spiro atoms. The Bertz CT molecular complexity index is 385. The quantitative estimate of drug-likeness (QED) is 0.522. The Balaban J connectivity index is 1.51.